The van der Waals surface area contributed by atoms with Gasteiger partial charge in [-0.05, 0) is 23.8 Å². The lowest BCUT2D eigenvalue weighted by molar-refractivity contribution is -0.129. The zero-order valence-corrected chi connectivity index (χ0v) is 13.6. The lowest BCUT2D eigenvalue weighted by atomic mass is 9.84. The smallest absolute Gasteiger partial charge is 0.261 e. The molecule has 0 aliphatic heterocycles. The van der Waals surface area contributed by atoms with Crippen LogP contribution in [-0.4, -0.2) is 29.8 Å². The highest BCUT2D eigenvalue weighted by Gasteiger charge is 2.28. The third-order valence-corrected chi connectivity index (χ3v) is 4.99. The molecule has 1 saturated carbocycles. The fourth-order valence-electron chi connectivity index (χ4n) is 2.90. The van der Waals surface area contributed by atoms with Crippen molar-refractivity contribution in [3.05, 3.63) is 22.4 Å². The molecule has 0 unspecified atom stereocenters. The Kier molecular flexibility index (Phi) is 5.96. The van der Waals surface area contributed by atoms with E-state index in [1.165, 1.54) is 37.6 Å². The van der Waals surface area contributed by atoms with Crippen LogP contribution in [0, 0.1) is 17.4 Å². The van der Waals surface area contributed by atoms with Gasteiger partial charge in [-0.15, -0.1) is 11.3 Å². The highest BCUT2D eigenvalue weighted by Crippen LogP contribution is 2.27. The summed E-state index contributed by atoms with van der Waals surface area (Å²) in [5, 5.41) is 13.6. The Morgan fingerprint density at radius 2 is 2.18 bits per heavy atom. The van der Waals surface area contributed by atoms with Crippen molar-refractivity contribution in [2.24, 2.45) is 5.92 Å². The van der Waals surface area contributed by atoms with E-state index in [9.17, 15) is 9.59 Å². The van der Waals surface area contributed by atoms with Gasteiger partial charge < -0.3 is 5.32 Å². The maximum atomic E-state index is 12.3. The van der Waals surface area contributed by atoms with Gasteiger partial charge in [0, 0.05) is 7.05 Å². The van der Waals surface area contributed by atoms with E-state index >= 15 is 0 Å². The van der Waals surface area contributed by atoms with Gasteiger partial charge in [-0.2, -0.15) is 5.26 Å². The van der Waals surface area contributed by atoms with Crippen LogP contribution in [0.4, 0.5) is 0 Å². The number of rotatable bonds is 5. The van der Waals surface area contributed by atoms with E-state index in [2.05, 4.69) is 5.32 Å². The van der Waals surface area contributed by atoms with E-state index in [4.69, 9.17) is 5.26 Å². The van der Waals surface area contributed by atoms with Crippen LogP contribution < -0.4 is 5.32 Å². The van der Waals surface area contributed by atoms with Crippen LogP contribution in [0.1, 0.15) is 48.2 Å². The van der Waals surface area contributed by atoms with Gasteiger partial charge in [0.05, 0.1) is 4.88 Å². The molecule has 1 fully saturated rings. The Bertz CT molecular complexity index is 544. The molecule has 118 valence electrons. The molecule has 2 amide bonds. The van der Waals surface area contributed by atoms with Gasteiger partial charge in [0.15, 0.2) is 6.19 Å². The Balaban J connectivity index is 2.05. The predicted molar refractivity (Wildman–Crippen MR) is 85.1 cm³/mol. The lowest BCUT2D eigenvalue weighted by Gasteiger charge is -2.27. The number of thiophene rings is 1. The van der Waals surface area contributed by atoms with Gasteiger partial charge in [0.25, 0.3) is 11.8 Å². The van der Waals surface area contributed by atoms with Gasteiger partial charge in [-0.1, -0.05) is 38.2 Å². The van der Waals surface area contributed by atoms with Crippen molar-refractivity contribution >= 4 is 23.2 Å². The number of hydrogen-bond donors (Lipinski definition) is 1. The average Bonchev–Trinajstić information content (AvgIpc) is 3.08. The zero-order chi connectivity index (χ0) is 15.9. The first-order chi connectivity index (χ1) is 10.6. The predicted octanol–water partition coefficient (Wildman–Crippen LogP) is 2.76. The molecular weight excluding hydrogens is 298 g/mol. The molecule has 0 radical (unpaired) electrons. The molecule has 6 heteroatoms. The molecule has 0 aromatic carbocycles. The summed E-state index contributed by atoms with van der Waals surface area (Å²) >= 11 is 1.34. The van der Waals surface area contributed by atoms with Crippen LogP contribution in [0.5, 0.6) is 0 Å². The monoisotopic (exact) mass is 319 g/mol. The number of nitrogens with zero attached hydrogens (tertiary/aromatic N) is 2. The van der Waals surface area contributed by atoms with Crippen LogP contribution in [0.25, 0.3) is 0 Å². The first-order valence-electron chi connectivity index (χ1n) is 7.63. The first-order valence-corrected chi connectivity index (χ1v) is 8.51. The van der Waals surface area contributed by atoms with Gasteiger partial charge in [0.2, 0.25) is 0 Å². The lowest BCUT2D eigenvalue weighted by Crippen LogP contribution is -2.47. The topological polar surface area (TPSA) is 73.2 Å². The van der Waals surface area contributed by atoms with Crippen LogP contribution in [0.15, 0.2) is 17.5 Å². The number of carbonyl (C=O) groups excluding carboxylic acids is 2. The molecule has 1 aromatic rings. The zero-order valence-electron chi connectivity index (χ0n) is 12.7. The first kappa shape index (κ1) is 16.5. The van der Waals surface area contributed by atoms with Crippen molar-refractivity contribution in [1.29, 1.82) is 5.26 Å². The molecule has 1 aliphatic rings. The molecule has 1 aromatic heterocycles. The number of nitriles is 1. The number of nitrogens with one attached hydrogen (secondary N) is 1. The Hall–Kier alpha value is -1.87. The molecule has 1 aliphatic carbocycles. The molecule has 0 saturated heterocycles. The summed E-state index contributed by atoms with van der Waals surface area (Å²) in [6.45, 7) is 0. The third-order valence-electron chi connectivity index (χ3n) is 4.12. The molecule has 2 rings (SSSR count). The largest absolute Gasteiger partial charge is 0.339 e. The van der Waals surface area contributed by atoms with Crippen molar-refractivity contribution in [2.45, 2.75) is 44.6 Å². The van der Waals surface area contributed by atoms with Gasteiger partial charge in [-0.3, -0.25) is 14.5 Å². The van der Waals surface area contributed by atoms with Gasteiger partial charge in [0.1, 0.15) is 6.04 Å². The summed E-state index contributed by atoms with van der Waals surface area (Å²) in [7, 11) is 1.44. The number of hydrogen-bond acceptors (Lipinski definition) is 4. The molecule has 1 heterocycles. The normalized spacial score (nSPS) is 16.5. The third kappa shape index (κ3) is 4.31. The number of likely N-dealkylation sites (N-methyl/N-ethyl adjacent to an activating group) is 1. The molecule has 5 nitrogen and oxygen atoms in total. The van der Waals surface area contributed by atoms with Crippen molar-refractivity contribution in [3.8, 4) is 6.19 Å². The van der Waals surface area contributed by atoms with Crippen molar-refractivity contribution < 1.29 is 9.59 Å². The fourth-order valence-corrected chi connectivity index (χ4v) is 3.52. The second kappa shape index (κ2) is 7.95. The number of carbonyl (C=O) groups is 2. The van der Waals surface area contributed by atoms with Crippen molar-refractivity contribution in [2.75, 3.05) is 7.05 Å². The second-order valence-corrected chi connectivity index (χ2v) is 6.69. The molecule has 22 heavy (non-hydrogen) atoms. The van der Waals surface area contributed by atoms with Gasteiger partial charge in [-0.25, -0.2) is 0 Å². The average molecular weight is 319 g/mol. The van der Waals surface area contributed by atoms with E-state index in [1.54, 1.807) is 12.1 Å². The standard InChI is InChI=1S/C16H21N3O2S/c1-19(11-17)16(21)13(10-12-6-3-2-4-7-12)18-15(20)14-8-5-9-22-14/h5,8-9,12-13H,2-4,6-7,10H2,1H3,(H,18,20)/t13-/m0/s1. The molecular formula is C16H21N3O2S. The summed E-state index contributed by atoms with van der Waals surface area (Å²) < 4.78 is 0. The fraction of sp³-hybridized carbons (Fsp3) is 0.562. The summed E-state index contributed by atoms with van der Waals surface area (Å²) in [6, 6.07) is 2.91. The Morgan fingerprint density at radius 3 is 2.77 bits per heavy atom. The van der Waals surface area contributed by atoms with Crippen LogP contribution in [-0.2, 0) is 4.79 Å². The van der Waals surface area contributed by atoms with E-state index in [-0.39, 0.29) is 11.8 Å². The van der Waals surface area contributed by atoms with Crippen LogP contribution in [0.3, 0.4) is 0 Å². The highest BCUT2D eigenvalue weighted by atomic mass is 32.1. The summed E-state index contributed by atoms with van der Waals surface area (Å²) in [5.74, 6) is -0.132. The molecule has 1 atom stereocenters. The Morgan fingerprint density at radius 1 is 1.45 bits per heavy atom. The maximum absolute atomic E-state index is 12.3. The minimum absolute atomic E-state index is 0.240. The van der Waals surface area contributed by atoms with E-state index in [0.29, 0.717) is 17.2 Å². The van der Waals surface area contributed by atoms with Crippen LogP contribution >= 0.6 is 11.3 Å². The Labute approximate surface area is 134 Å². The van der Waals surface area contributed by atoms with Crippen molar-refractivity contribution in [1.82, 2.24) is 10.2 Å². The molecule has 0 bridgehead atoms. The van der Waals surface area contributed by atoms with Gasteiger partial charge >= 0.3 is 0 Å². The summed E-state index contributed by atoms with van der Waals surface area (Å²) in [5.41, 5.74) is 0. The van der Waals surface area contributed by atoms with E-state index in [1.807, 2.05) is 11.6 Å². The summed E-state index contributed by atoms with van der Waals surface area (Å²) in [4.78, 5) is 26.2. The minimum Gasteiger partial charge on any atom is -0.339 e. The van der Waals surface area contributed by atoms with E-state index < -0.39 is 6.04 Å². The maximum Gasteiger partial charge on any atom is 0.261 e. The minimum atomic E-state index is -0.623. The van der Waals surface area contributed by atoms with Crippen molar-refractivity contribution in [3.63, 3.8) is 0 Å². The SMILES string of the molecule is CN(C#N)C(=O)[C@H](CC1CCCCC1)NC(=O)c1cccs1. The quantitative estimate of drug-likeness (QED) is 0.670. The second-order valence-electron chi connectivity index (χ2n) is 5.74. The summed E-state index contributed by atoms with van der Waals surface area (Å²) in [6.07, 6.45) is 8.23. The highest BCUT2D eigenvalue weighted by molar-refractivity contribution is 7.12. The number of amides is 2. The molecule has 1 N–H and O–H groups in total. The van der Waals surface area contributed by atoms with E-state index in [0.717, 1.165) is 17.7 Å². The molecule has 0 spiro atoms. The van der Waals surface area contributed by atoms with Crippen LogP contribution in [0.2, 0.25) is 0 Å².